The quantitative estimate of drug-likeness (QED) is 0.840. The van der Waals surface area contributed by atoms with Crippen LogP contribution in [0.1, 0.15) is 30.4 Å². The van der Waals surface area contributed by atoms with Gasteiger partial charge in [-0.1, -0.05) is 31.2 Å². The number of nitrogens with zero attached hydrogens (tertiary/aromatic N) is 3. The number of piperazine rings is 1. The van der Waals surface area contributed by atoms with E-state index in [9.17, 15) is 0 Å². The van der Waals surface area contributed by atoms with Gasteiger partial charge in [-0.05, 0) is 24.0 Å². The molecule has 0 amide bonds. The van der Waals surface area contributed by atoms with Gasteiger partial charge in [-0.15, -0.1) is 0 Å². The molecule has 3 heteroatoms. The first-order valence-electron chi connectivity index (χ1n) is 7.75. The lowest BCUT2D eigenvalue weighted by atomic mass is 9.77. The van der Waals surface area contributed by atoms with Gasteiger partial charge in [0.1, 0.15) is 0 Å². The molecular weight excluding hydrogens is 246 g/mol. The average molecular weight is 269 g/mol. The molecule has 0 saturated carbocycles. The van der Waals surface area contributed by atoms with Crippen molar-refractivity contribution in [2.75, 3.05) is 32.7 Å². The maximum atomic E-state index is 9.14. The van der Waals surface area contributed by atoms with Gasteiger partial charge >= 0.3 is 0 Å². The lowest BCUT2D eigenvalue weighted by Crippen LogP contribution is -2.51. The second-order valence-electron chi connectivity index (χ2n) is 5.99. The highest BCUT2D eigenvalue weighted by Gasteiger charge is 2.29. The number of nitriles is 1. The fourth-order valence-corrected chi connectivity index (χ4v) is 3.53. The van der Waals surface area contributed by atoms with E-state index in [-0.39, 0.29) is 6.04 Å². The fourth-order valence-electron chi connectivity index (χ4n) is 3.53. The summed E-state index contributed by atoms with van der Waals surface area (Å²) < 4.78 is 0. The summed E-state index contributed by atoms with van der Waals surface area (Å²) in [6, 6.07) is 11.4. The molecule has 1 saturated heterocycles. The predicted octanol–water partition coefficient (Wildman–Crippen LogP) is 2.25. The van der Waals surface area contributed by atoms with Crippen LogP contribution in [0.25, 0.3) is 0 Å². The van der Waals surface area contributed by atoms with Gasteiger partial charge in [0.25, 0.3) is 0 Å². The molecule has 0 spiro atoms. The largest absolute Gasteiger partial charge is 0.300 e. The minimum Gasteiger partial charge on any atom is -0.300 e. The van der Waals surface area contributed by atoms with E-state index in [1.807, 2.05) is 0 Å². The van der Waals surface area contributed by atoms with E-state index in [1.165, 1.54) is 18.5 Å². The third-order valence-corrected chi connectivity index (χ3v) is 4.82. The minimum atomic E-state index is 0.113. The van der Waals surface area contributed by atoms with Crippen LogP contribution in [-0.4, -0.2) is 48.6 Å². The third kappa shape index (κ3) is 2.59. The van der Waals surface area contributed by atoms with Crippen LogP contribution in [-0.2, 0) is 6.42 Å². The second-order valence-corrected chi connectivity index (χ2v) is 5.99. The standard InChI is InChI=1S/C17H23N3/c1-2-16(12-18)20-9-7-19(8-10-20)13-15-11-14-5-3-4-6-17(14)15/h3-6,15-16H,2,7-11,13H2,1H3. The van der Waals surface area contributed by atoms with Crippen LogP contribution >= 0.6 is 0 Å². The Hall–Kier alpha value is -1.37. The van der Waals surface area contributed by atoms with Crippen LogP contribution in [0.5, 0.6) is 0 Å². The maximum Gasteiger partial charge on any atom is 0.0976 e. The molecule has 1 fully saturated rings. The van der Waals surface area contributed by atoms with Gasteiger partial charge in [0.2, 0.25) is 0 Å². The van der Waals surface area contributed by atoms with E-state index in [0.717, 1.165) is 38.5 Å². The molecule has 1 aliphatic carbocycles. The highest BCUT2D eigenvalue weighted by atomic mass is 15.3. The van der Waals surface area contributed by atoms with Crippen molar-refractivity contribution in [2.45, 2.75) is 31.7 Å². The maximum absolute atomic E-state index is 9.14. The molecule has 2 unspecified atom stereocenters. The van der Waals surface area contributed by atoms with Gasteiger partial charge in [0.05, 0.1) is 12.1 Å². The van der Waals surface area contributed by atoms with Crippen molar-refractivity contribution in [1.82, 2.24) is 9.80 Å². The Balaban J connectivity index is 1.50. The molecule has 0 aromatic heterocycles. The molecule has 3 nitrogen and oxygen atoms in total. The van der Waals surface area contributed by atoms with Crippen molar-refractivity contribution in [3.8, 4) is 6.07 Å². The molecule has 2 atom stereocenters. The number of hydrogen-bond acceptors (Lipinski definition) is 3. The summed E-state index contributed by atoms with van der Waals surface area (Å²) >= 11 is 0. The number of fused-ring (bicyclic) bond motifs is 1. The van der Waals surface area contributed by atoms with Gasteiger partial charge in [-0.2, -0.15) is 5.26 Å². The Morgan fingerprint density at radius 2 is 2.00 bits per heavy atom. The first kappa shape index (κ1) is 13.6. The average Bonchev–Trinajstić information content (AvgIpc) is 2.47. The first-order valence-corrected chi connectivity index (χ1v) is 7.75. The van der Waals surface area contributed by atoms with Gasteiger partial charge in [0.15, 0.2) is 0 Å². The summed E-state index contributed by atoms with van der Waals surface area (Å²) in [5.74, 6) is 0.732. The summed E-state index contributed by atoms with van der Waals surface area (Å²) in [6.07, 6.45) is 2.18. The van der Waals surface area contributed by atoms with E-state index >= 15 is 0 Å². The predicted molar refractivity (Wildman–Crippen MR) is 80.6 cm³/mol. The van der Waals surface area contributed by atoms with Gasteiger partial charge < -0.3 is 4.90 Å². The molecule has 1 heterocycles. The lowest BCUT2D eigenvalue weighted by Gasteiger charge is -2.40. The normalized spacial score (nSPS) is 24.5. The number of hydrogen-bond donors (Lipinski definition) is 0. The topological polar surface area (TPSA) is 30.3 Å². The molecule has 1 aromatic carbocycles. The monoisotopic (exact) mass is 269 g/mol. The Labute approximate surface area is 121 Å². The highest BCUT2D eigenvalue weighted by Crippen LogP contribution is 2.35. The molecule has 0 bridgehead atoms. The Bertz CT molecular complexity index is 497. The zero-order valence-electron chi connectivity index (χ0n) is 12.3. The molecule has 3 rings (SSSR count). The van der Waals surface area contributed by atoms with Crippen molar-refractivity contribution in [2.24, 2.45) is 0 Å². The van der Waals surface area contributed by atoms with E-state index in [2.05, 4.69) is 47.1 Å². The molecule has 106 valence electrons. The third-order valence-electron chi connectivity index (χ3n) is 4.82. The molecule has 2 aliphatic rings. The van der Waals surface area contributed by atoms with Crippen molar-refractivity contribution < 1.29 is 0 Å². The number of rotatable bonds is 4. The summed E-state index contributed by atoms with van der Waals surface area (Å²) in [5, 5.41) is 9.14. The van der Waals surface area contributed by atoms with Crippen LogP contribution in [0.2, 0.25) is 0 Å². The Kier molecular flexibility index (Phi) is 4.05. The van der Waals surface area contributed by atoms with E-state index < -0.39 is 0 Å². The van der Waals surface area contributed by atoms with Crippen LogP contribution in [0.15, 0.2) is 24.3 Å². The zero-order valence-corrected chi connectivity index (χ0v) is 12.3. The zero-order chi connectivity index (χ0) is 13.9. The Morgan fingerprint density at radius 1 is 1.25 bits per heavy atom. The molecule has 1 aliphatic heterocycles. The van der Waals surface area contributed by atoms with Crippen molar-refractivity contribution >= 4 is 0 Å². The Morgan fingerprint density at radius 3 is 2.65 bits per heavy atom. The second kappa shape index (κ2) is 5.95. The van der Waals surface area contributed by atoms with E-state index in [0.29, 0.717) is 0 Å². The summed E-state index contributed by atoms with van der Waals surface area (Å²) in [6.45, 7) is 7.59. The van der Waals surface area contributed by atoms with Crippen LogP contribution in [0.3, 0.4) is 0 Å². The molecule has 1 aromatic rings. The van der Waals surface area contributed by atoms with Crippen LogP contribution in [0, 0.1) is 11.3 Å². The molecular formula is C17H23N3. The first-order chi connectivity index (χ1) is 9.81. The fraction of sp³-hybridized carbons (Fsp3) is 0.588. The molecule has 20 heavy (non-hydrogen) atoms. The molecule has 0 radical (unpaired) electrons. The van der Waals surface area contributed by atoms with Crippen molar-refractivity contribution in [1.29, 1.82) is 5.26 Å². The molecule has 0 N–H and O–H groups in total. The van der Waals surface area contributed by atoms with E-state index in [1.54, 1.807) is 5.56 Å². The summed E-state index contributed by atoms with van der Waals surface area (Å²) in [5.41, 5.74) is 3.09. The van der Waals surface area contributed by atoms with Gasteiger partial charge in [-0.25, -0.2) is 0 Å². The van der Waals surface area contributed by atoms with Crippen LogP contribution < -0.4 is 0 Å². The highest BCUT2D eigenvalue weighted by molar-refractivity contribution is 5.40. The van der Waals surface area contributed by atoms with Crippen molar-refractivity contribution in [3.63, 3.8) is 0 Å². The smallest absolute Gasteiger partial charge is 0.0976 e. The minimum absolute atomic E-state index is 0.113. The summed E-state index contributed by atoms with van der Waals surface area (Å²) in [7, 11) is 0. The van der Waals surface area contributed by atoms with Gasteiger partial charge in [0, 0.05) is 38.6 Å². The summed E-state index contributed by atoms with van der Waals surface area (Å²) in [4.78, 5) is 4.91. The van der Waals surface area contributed by atoms with E-state index in [4.69, 9.17) is 5.26 Å². The SMILES string of the molecule is CCC(C#N)N1CCN(CC2Cc3ccccc32)CC1. The van der Waals surface area contributed by atoms with Gasteiger partial charge in [-0.3, -0.25) is 4.90 Å². The number of benzene rings is 1. The lowest BCUT2D eigenvalue weighted by molar-refractivity contribution is 0.106. The van der Waals surface area contributed by atoms with Crippen LogP contribution in [0.4, 0.5) is 0 Å². The van der Waals surface area contributed by atoms with Crippen molar-refractivity contribution in [3.05, 3.63) is 35.4 Å².